The van der Waals surface area contributed by atoms with Gasteiger partial charge in [0.2, 0.25) is 5.91 Å². The van der Waals surface area contributed by atoms with Crippen LogP contribution in [0.5, 0.6) is 0 Å². The molecule has 1 aromatic carbocycles. The van der Waals surface area contributed by atoms with Gasteiger partial charge in [-0.25, -0.2) is 0 Å². The first-order valence-electron chi connectivity index (χ1n) is 8.21. The van der Waals surface area contributed by atoms with Gasteiger partial charge in [0.15, 0.2) is 0 Å². The number of nitrogens with zero attached hydrogens (tertiary/aromatic N) is 1. The van der Waals surface area contributed by atoms with Gasteiger partial charge in [0, 0.05) is 42.7 Å². The Morgan fingerprint density at radius 2 is 1.79 bits per heavy atom. The average molecular weight is 319 g/mol. The highest BCUT2D eigenvalue weighted by atomic mass is 16.1. The number of aromatic nitrogens is 2. The summed E-state index contributed by atoms with van der Waals surface area (Å²) in [7, 11) is 0. The maximum atomic E-state index is 11.9. The molecular formula is C20H21N3O. The lowest BCUT2D eigenvalue weighted by Gasteiger charge is -2.04. The van der Waals surface area contributed by atoms with Crippen LogP contribution in [0.4, 0.5) is 0 Å². The number of H-pyrrole nitrogens is 1. The van der Waals surface area contributed by atoms with Crippen LogP contribution < -0.4 is 5.32 Å². The molecule has 2 aromatic heterocycles. The third-order valence-corrected chi connectivity index (χ3v) is 3.88. The van der Waals surface area contributed by atoms with E-state index in [1.165, 1.54) is 0 Å². The van der Waals surface area contributed by atoms with Crippen molar-refractivity contribution in [3.63, 3.8) is 0 Å². The van der Waals surface area contributed by atoms with Gasteiger partial charge in [-0.15, -0.1) is 0 Å². The van der Waals surface area contributed by atoms with Gasteiger partial charge < -0.3 is 10.3 Å². The van der Waals surface area contributed by atoms with Crippen molar-refractivity contribution in [1.29, 1.82) is 0 Å². The standard InChI is InChI=1S/C20H21N3O/c24-20(22-15-13-17-8-4-5-14-21-17)12-10-18-9-11-19(23-18)16-6-2-1-3-7-16/h1-9,11,14,23H,10,12-13,15H2,(H,22,24). The molecule has 0 radical (unpaired) electrons. The molecule has 122 valence electrons. The quantitative estimate of drug-likeness (QED) is 0.701. The van der Waals surface area contributed by atoms with Gasteiger partial charge >= 0.3 is 0 Å². The highest BCUT2D eigenvalue weighted by Gasteiger charge is 2.05. The number of amides is 1. The maximum Gasteiger partial charge on any atom is 0.220 e. The topological polar surface area (TPSA) is 57.8 Å². The van der Waals surface area contributed by atoms with E-state index in [1.54, 1.807) is 6.20 Å². The highest BCUT2D eigenvalue weighted by molar-refractivity contribution is 5.76. The zero-order valence-electron chi connectivity index (χ0n) is 13.5. The summed E-state index contributed by atoms with van der Waals surface area (Å²) in [5.74, 6) is 0.0711. The second-order valence-electron chi connectivity index (χ2n) is 5.68. The summed E-state index contributed by atoms with van der Waals surface area (Å²) in [5, 5.41) is 2.95. The summed E-state index contributed by atoms with van der Waals surface area (Å²) in [4.78, 5) is 19.6. The van der Waals surface area contributed by atoms with Crippen molar-refractivity contribution >= 4 is 5.91 Å². The van der Waals surface area contributed by atoms with Crippen LogP contribution in [0, 0.1) is 0 Å². The SMILES string of the molecule is O=C(CCc1ccc(-c2ccccc2)[nH]1)NCCc1ccccn1. The van der Waals surface area contributed by atoms with Crippen molar-refractivity contribution in [1.82, 2.24) is 15.3 Å². The molecule has 2 heterocycles. The van der Waals surface area contributed by atoms with Crippen LogP contribution in [-0.4, -0.2) is 22.4 Å². The number of aryl methyl sites for hydroxylation is 1. The first-order valence-corrected chi connectivity index (χ1v) is 8.21. The number of carbonyl (C=O) groups excluding carboxylic acids is 1. The highest BCUT2D eigenvalue weighted by Crippen LogP contribution is 2.18. The molecule has 24 heavy (non-hydrogen) atoms. The molecule has 0 aliphatic heterocycles. The summed E-state index contributed by atoms with van der Waals surface area (Å²) in [6.07, 6.45) is 3.72. The van der Waals surface area contributed by atoms with Gasteiger partial charge in [0.1, 0.15) is 0 Å². The van der Waals surface area contributed by atoms with Gasteiger partial charge in [0.05, 0.1) is 0 Å². The number of benzene rings is 1. The Balaban J connectivity index is 1.42. The van der Waals surface area contributed by atoms with E-state index in [4.69, 9.17) is 0 Å². The van der Waals surface area contributed by atoms with Crippen molar-refractivity contribution in [2.75, 3.05) is 6.54 Å². The van der Waals surface area contributed by atoms with Crippen LogP contribution in [0.15, 0.2) is 66.9 Å². The van der Waals surface area contributed by atoms with Crippen molar-refractivity contribution in [2.24, 2.45) is 0 Å². The van der Waals surface area contributed by atoms with Crippen LogP contribution in [-0.2, 0) is 17.6 Å². The fraction of sp³-hybridized carbons (Fsp3) is 0.200. The summed E-state index contributed by atoms with van der Waals surface area (Å²) >= 11 is 0. The van der Waals surface area contributed by atoms with E-state index in [1.807, 2.05) is 42.5 Å². The number of rotatable bonds is 7. The number of nitrogens with one attached hydrogen (secondary N) is 2. The minimum absolute atomic E-state index is 0.0711. The van der Waals surface area contributed by atoms with Gasteiger partial charge in [-0.05, 0) is 36.2 Å². The van der Waals surface area contributed by atoms with Crippen molar-refractivity contribution in [2.45, 2.75) is 19.3 Å². The molecule has 0 unspecified atom stereocenters. The summed E-state index contributed by atoms with van der Waals surface area (Å²) in [6.45, 7) is 0.621. The molecule has 0 aliphatic rings. The minimum Gasteiger partial charge on any atom is -0.358 e. The lowest BCUT2D eigenvalue weighted by Crippen LogP contribution is -2.26. The largest absolute Gasteiger partial charge is 0.358 e. The number of pyridine rings is 1. The lowest BCUT2D eigenvalue weighted by atomic mass is 10.2. The number of aromatic amines is 1. The van der Waals surface area contributed by atoms with Crippen LogP contribution in [0.1, 0.15) is 17.8 Å². The normalized spacial score (nSPS) is 10.5. The molecule has 4 nitrogen and oxygen atoms in total. The van der Waals surface area contributed by atoms with E-state index in [-0.39, 0.29) is 5.91 Å². The number of hydrogen-bond donors (Lipinski definition) is 2. The van der Waals surface area contributed by atoms with Crippen LogP contribution in [0.2, 0.25) is 0 Å². The van der Waals surface area contributed by atoms with Crippen LogP contribution in [0.25, 0.3) is 11.3 Å². The zero-order chi connectivity index (χ0) is 16.6. The molecule has 4 heteroatoms. The Kier molecular flexibility index (Phi) is 5.40. The molecule has 0 saturated carbocycles. The fourth-order valence-electron chi connectivity index (χ4n) is 2.58. The van der Waals surface area contributed by atoms with Gasteiger partial charge in [-0.3, -0.25) is 9.78 Å². The molecule has 2 N–H and O–H groups in total. The third-order valence-electron chi connectivity index (χ3n) is 3.88. The number of hydrogen-bond acceptors (Lipinski definition) is 2. The Hall–Kier alpha value is -2.88. The van der Waals surface area contributed by atoms with Crippen molar-refractivity contribution in [3.8, 4) is 11.3 Å². The molecule has 0 fully saturated rings. The van der Waals surface area contributed by atoms with Crippen molar-refractivity contribution < 1.29 is 4.79 Å². The first kappa shape index (κ1) is 16.0. The fourth-order valence-corrected chi connectivity index (χ4v) is 2.58. The van der Waals surface area contributed by atoms with E-state index in [2.05, 4.69) is 33.5 Å². The summed E-state index contributed by atoms with van der Waals surface area (Å²) in [5.41, 5.74) is 4.31. The lowest BCUT2D eigenvalue weighted by molar-refractivity contribution is -0.121. The van der Waals surface area contributed by atoms with Gasteiger partial charge in [0.25, 0.3) is 0 Å². The Morgan fingerprint density at radius 1 is 0.958 bits per heavy atom. The molecule has 3 aromatic rings. The molecule has 0 bridgehead atoms. The van der Waals surface area contributed by atoms with E-state index < -0.39 is 0 Å². The molecule has 0 spiro atoms. The smallest absolute Gasteiger partial charge is 0.220 e. The number of carbonyl (C=O) groups is 1. The molecule has 1 amide bonds. The predicted molar refractivity (Wildman–Crippen MR) is 95.5 cm³/mol. The Morgan fingerprint density at radius 3 is 2.58 bits per heavy atom. The second kappa shape index (κ2) is 8.11. The van der Waals surface area contributed by atoms with Crippen LogP contribution in [0.3, 0.4) is 0 Å². The van der Waals surface area contributed by atoms with E-state index in [0.29, 0.717) is 19.4 Å². The first-order chi connectivity index (χ1) is 11.8. The van der Waals surface area contributed by atoms with Gasteiger partial charge in [-0.2, -0.15) is 0 Å². The zero-order valence-corrected chi connectivity index (χ0v) is 13.5. The average Bonchev–Trinajstić information content (AvgIpc) is 3.11. The monoisotopic (exact) mass is 319 g/mol. The molecule has 0 atom stereocenters. The van der Waals surface area contributed by atoms with E-state index in [9.17, 15) is 4.79 Å². The van der Waals surface area contributed by atoms with Crippen molar-refractivity contribution in [3.05, 3.63) is 78.2 Å². The summed E-state index contributed by atoms with van der Waals surface area (Å²) < 4.78 is 0. The molecule has 3 rings (SSSR count). The Bertz CT molecular complexity index is 766. The molecular weight excluding hydrogens is 298 g/mol. The summed E-state index contributed by atoms with van der Waals surface area (Å²) in [6, 6.07) is 20.1. The minimum atomic E-state index is 0.0711. The van der Waals surface area contributed by atoms with E-state index in [0.717, 1.165) is 29.1 Å². The molecule has 0 saturated heterocycles. The molecule has 0 aliphatic carbocycles. The van der Waals surface area contributed by atoms with E-state index >= 15 is 0 Å². The predicted octanol–water partition coefficient (Wildman–Crippen LogP) is 3.37. The maximum absolute atomic E-state index is 11.9. The second-order valence-corrected chi connectivity index (χ2v) is 5.68. The third kappa shape index (κ3) is 4.56. The van der Waals surface area contributed by atoms with Gasteiger partial charge in [-0.1, -0.05) is 36.4 Å². The van der Waals surface area contributed by atoms with Crippen LogP contribution >= 0.6 is 0 Å². The Labute approximate surface area is 142 Å².